The lowest BCUT2D eigenvalue weighted by atomic mass is 10.1. The summed E-state index contributed by atoms with van der Waals surface area (Å²) in [6.45, 7) is 3.90. The van der Waals surface area contributed by atoms with Gasteiger partial charge in [-0.1, -0.05) is 0 Å². The molecule has 0 spiro atoms. The molecule has 10 nitrogen and oxygen atoms in total. The summed E-state index contributed by atoms with van der Waals surface area (Å²) in [5.74, 6) is 0.443. The van der Waals surface area contributed by atoms with Crippen LogP contribution in [0.15, 0.2) is 48.5 Å². The van der Waals surface area contributed by atoms with Gasteiger partial charge in [0.2, 0.25) is 0 Å². The van der Waals surface area contributed by atoms with Gasteiger partial charge in [-0.3, -0.25) is 0 Å². The molecule has 2 aromatic carbocycles. The van der Waals surface area contributed by atoms with Crippen LogP contribution in [0.3, 0.4) is 0 Å². The summed E-state index contributed by atoms with van der Waals surface area (Å²) in [7, 11) is 0. The molecule has 4 bridgehead atoms. The summed E-state index contributed by atoms with van der Waals surface area (Å²) in [5.41, 5.74) is 0.663. The van der Waals surface area contributed by atoms with Gasteiger partial charge in [-0.15, -0.1) is 0 Å². The second-order valence-electron chi connectivity index (χ2n) is 7.47. The molecule has 6 rings (SSSR count). The van der Waals surface area contributed by atoms with Crippen LogP contribution in [0, 0.1) is 0 Å². The Balaban J connectivity index is 1.43. The first-order valence-electron chi connectivity index (χ1n) is 11.8. The number of carbonyl (C=O) groups is 2. The largest absolute Gasteiger partial charge is 0.491 e. The zero-order valence-electron chi connectivity index (χ0n) is 20.2. The summed E-state index contributed by atoms with van der Waals surface area (Å²) in [5, 5.41) is 0. The molecule has 4 heterocycles. The second-order valence-corrected chi connectivity index (χ2v) is 7.47. The Morgan fingerprint density at radius 1 is 0.361 bits per heavy atom. The molecule has 0 unspecified atom stereocenters. The van der Waals surface area contributed by atoms with Crippen LogP contribution < -0.4 is 9.47 Å². The zero-order valence-corrected chi connectivity index (χ0v) is 20.2. The standard InChI is InChI=1S/C26H32O10/c27-25-21-1-2-22(4-3-21)26(28)36-20-16-32-12-10-30-14-18-34-24-7-5-23(6-8-24)33-17-13-29-9-11-31-15-19-35-25/h1-8H,9-20H2. The highest BCUT2D eigenvalue weighted by atomic mass is 16.6. The fraction of sp³-hybridized carbons (Fsp3) is 0.462. The third kappa shape index (κ3) is 10.6. The van der Waals surface area contributed by atoms with E-state index in [4.69, 9.17) is 37.9 Å². The number of hydrogen-bond acceptors (Lipinski definition) is 10. The average Bonchev–Trinajstić information content (AvgIpc) is 2.91. The smallest absolute Gasteiger partial charge is 0.338 e. The van der Waals surface area contributed by atoms with Crippen molar-refractivity contribution in [2.45, 2.75) is 0 Å². The number of hydrogen-bond donors (Lipinski definition) is 0. The third-order valence-electron chi connectivity index (χ3n) is 4.84. The van der Waals surface area contributed by atoms with Crippen LogP contribution in [-0.4, -0.2) is 91.2 Å². The number of ether oxygens (including phenoxy) is 8. The fourth-order valence-corrected chi connectivity index (χ4v) is 3.01. The summed E-state index contributed by atoms with van der Waals surface area (Å²) in [6, 6.07) is 13.4. The summed E-state index contributed by atoms with van der Waals surface area (Å²) in [4.78, 5) is 24.2. The van der Waals surface area contributed by atoms with Crippen LogP contribution in [0.4, 0.5) is 0 Å². The van der Waals surface area contributed by atoms with E-state index in [0.29, 0.717) is 64.0 Å². The summed E-state index contributed by atoms with van der Waals surface area (Å²) in [6.07, 6.45) is 0. The SMILES string of the molecule is O=C1OCCOCCOCCOc2ccc(cc2)OCCOCCOCCOC(=O)c2ccc1cc2. The molecule has 196 valence electrons. The first-order valence-corrected chi connectivity index (χ1v) is 11.8. The Labute approximate surface area is 210 Å². The van der Waals surface area contributed by atoms with Gasteiger partial charge in [0.15, 0.2) is 0 Å². The van der Waals surface area contributed by atoms with Crippen molar-refractivity contribution in [2.75, 3.05) is 79.3 Å². The van der Waals surface area contributed by atoms with Crippen molar-refractivity contribution >= 4 is 11.9 Å². The van der Waals surface area contributed by atoms with E-state index in [9.17, 15) is 9.59 Å². The van der Waals surface area contributed by atoms with E-state index in [1.165, 1.54) is 24.3 Å². The number of benzene rings is 2. The zero-order chi connectivity index (χ0) is 25.3. The van der Waals surface area contributed by atoms with Gasteiger partial charge in [0.05, 0.1) is 64.0 Å². The van der Waals surface area contributed by atoms with Gasteiger partial charge in [0.25, 0.3) is 0 Å². The molecule has 0 radical (unpaired) electrons. The first-order chi connectivity index (χ1) is 17.7. The van der Waals surface area contributed by atoms with Crippen LogP contribution in [0.2, 0.25) is 0 Å². The van der Waals surface area contributed by atoms with E-state index in [1.54, 1.807) is 0 Å². The Kier molecular flexibility index (Phi) is 12.6. The topological polar surface area (TPSA) is 108 Å². The van der Waals surface area contributed by atoms with Gasteiger partial charge >= 0.3 is 11.9 Å². The maximum Gasteiger partial charge on any atom is 0.338 e. The fourth-order valence-electron chi connectivity index (χ4n) is 3.01. The monoisotopic (exact) mass is 504 g/mol. The first kappa shape index (κ1) is 27.4. The summed E-state index contributed by atoms with van der Waals surface area (Å²) >= 11 is 0. The lowest BCUT2D eigenvalue weighted by Gasteiger charge is -2.10. The predicted octanol–water partition coefficient (Wildman–Crippen LogP) is 2.54. The molecule has 0 fully saturated rings. The Bertz CT molecular complexity index is 824. The summed E-state index contributed by atoms with van der Waals surface area (Å²) < 4.78 is 43.4. The van der Waals surface area contributed by atoms with Crippen LogP contribution in [0.1, 0.15) is 20.7 Å². The van der Waals surface area contributed by atoms with Gasteiger partial charge in [0, 0.05) is 0 Å². The molecule has 0 saturated heterocycles. The highest BCUT2D eigenvalue weighted by molar-refractivity contribution is 5.93. The molecule has 0 amide bonds. The van der Waals surface area contributed by atoms with Crippen LogP contribution in [-0.2, 0) is 28.4 Å². The van der Waals surface area contributed by atoms with Gasteiger partial charge in [0.1, 0.15) is 37.9 Å². The van der Waals surface area contributed by atoms with Crippen molar-refractivity contribution in [2.24, 2.45) is 0 Å². The van der Waals surface area contributed by atoms with E-state index in [-0.39, 0.29) is 26.4 Å². The Hall–Kier alpha value is -3.18. The Morgan fingerprint density at radius 3 is 0.972 bits per heavy atom. The van der Waals surface area contributed by atoms with Crippen molar-refractivity contribution < 1.29 is 47.5 Å². The molecule has 4 aliphatic heterocycles. The maximum absolute atomic E-state index is 12.1. The lowest BCUT2D eigenvalue weighted by molar-refractivity contribution is 0.00997. The van der Waals surface area contributed by atoms with Crippen LogP contribution in [0.25, 0.3) is 0 Å². The van der Waals surface area contributed by atoms with Crippen LogP contribution >= 0.6 is 0 Å². The lowest BCUT2D eigenvalue weighted by Crippen LogP contribution is -2.15. The third-order valence-corrected chi connectivity index (χ3v) is 4.84. The van der Waals surface area contributed by atoms with E-state index in [0.717, 1.165) is 11.5 Å². The quantitative estimate of drug-likeness (QED) is 0.497. The number of carbonyl (C=O) groups excluding carboxylic acids is 2. The number of esters is 2. The highest BCUT2D eigenvalue weighted by Gasteiger charge is 2.11. The molecule has 4 aliphatic rings. The van der Waals surface area contributed by atoms with Gasteiger partial charge in [-0.25, -0.2) is 9.59 Å². The molecular formula is C26H32O10. The average molecular weight is 505 g/mol. The predicted molar refractivity (Wildman–Crippen MR) is 128 cm³/mol. The molecule has 0 saturated carbocycles. The molecule has 10 heteroatoms. The van der Waals surface area contributed by atoms with Gasteiger partial charge < -0.3 is 37.9 Å². The van der Waals surface area contributed by atoms with Crippen LogP contribution in [0.5, 0.6) is 11.5 Å². The minimum Gasteiger partial charge on any atom is -0.491 e. The van der Waals surface area contributed by atoms with Crippen molar-refractivity contribution in [3.63, 3.8) is 0 Å². The Morgan fingerprint density at radius 2 is 0.639 bits per heavy atom. The van der Waals surface area contributed by atoms with Crippen molar-refractivity contribution in [3.8, 4) is 11.5 Å². The molecule has 0 N–H and O–H groups in total. The molecule has 36 heavy (non-hydrogen) atoms. The minimum absolute atomic E-state index is 0.108. The second kappa shape index (κ2) is 16.5. The van der Waals surface area contributed by atoms with Gasteiger partial charge in [-0.05, 0) is 48.5 Å². The molecule has 2 aromatic rings. The van der Waals surface area contributed by atoms with Gasteiger partial charge in [-0.2, -0.15) is 0 Å². The highest BCUT2D eigenvalue weighted by Crippen LogP contribution is 2.17. The van der Waals surface area contributed by atoms with E-state index < -0.39 is 11.9 Å². The van der Waals surface area contributed by atoms with Crippen molar-refractivity contribution in [3.05, 3.63) is 59.7 Å². The van der Waals surface area contributed by atoms with E-state index in [1.807, 2.05) is 24.3 Å². The molecular weight excluding hydrogens is 472 g/mol. The minimum atomic E-state index is -0.498. The molecule has 0 atom stereocenters. The van der Waals surface area contributed by atoms with Crippen molar-refractivity contribution in [1.29, 1.82) is 0 Å². The maximum atomic E-state index is 12.1. The molecule has 0 aliphatic carbocycles. The molecule has 0 aromatic heterocycles. The van der Waals surface area contributed by atoms with E-state index in [2.05, 4.69) is 0 Å². The van der Waals surface area contributed by atoms with E-state index >= 15 is 0 Å². The van der Waals surface area contributed by atoms with Crippen molar-refractivity contribution in [1.82, 2.24) is 0 Å². The normalized spacial score (nSPS) is 18.3. The number of rotatable bonds is 0.